The first-order chi connectivity index (χ1) is 17.1. The minimum atomic E-state index is -3.86. The molecule has 12 heteroatoms. The molecule has 2 aromatic carbocycles. The molecule has 1 atom stereocenters. The Morgan fingerprint density at radius 1 is 1.03 bits per heavy atom. The van der Waals surface area contributed by atoms with Gasteiger partial charge in [-0.1, -0.05) is 29.3 Å². The maximum atomic E-state index is 13.6. The number of nitrogens with one attached hydrogen (secondary N) is 1. The van der Waals surface area contributed by atoms with Crippen LogP contribution in [0, 0.1) is 0 Å². The summed E-state index contributed by atoms with van der Waals surface area (Å²) in [5.41, 5.74) is 0.896. The molecule has 196 valence electrons. The molecule has 1 N–H and O–H groups in total. The van der Waals surface area contributed by atoms with E-state index in [1.807, 2.05) is 0 Å². The third-order valence-corrected chi connectivity index (χ3v) is 8.13. The fourth-order valence-corrected chi connectivity index (χ4v) is 5.02. The van der Waals surface area contributed by atoms with Crippen molar-refractivity contribution in [3.05, 3.63) is 52.0 Å². The van der Waals surface area contributed by atoms with E-state index in [2.05, 4.69) is 5.32 Å². The lowest BCUT2D eigenvalue weighted by Gasteiger charge is -2.32. The summed E-state index contributed by atoms with van der Waals surface area (Å²) in [7, 11) is -3.86. The molecule has 0 fully saturated rings. The minimum Gasteiger partial charge on any atom is -0.486 e. The van der Waals surface area contributed by atoms with Crippen LogP contribution < -0.4 is 19.1 Å². The summed E-state index contributed by atoms with van der Waals surface area (Å²) in [6.45, 7) is 5.47. The number of carbonyl (C=O) groups is 2. The summed E-state index contributed by atoms with van der Waals surface area (Å²) in [6.07, 6.45) is 0. The fraction of sp³-hybridized carbons (Fsp3) is 0.417. The van der Waals surface area contributed by atoms with Gasteiger partial charge in [-0.25, -0.2) is 8.42 Å². The number of amides is 2. The molecular weight excluding hydrogens is 529 g/mol. The van der Waals surface area contributed by atoms with Crippen LogP contribution in [0.4, 0.5) is 5.69 Å². The van der Waals surface area contributed by atoms with Crippen molar-refractivity contribution in [1.29, 1.82) is 0 Å². The standard InChI is InChI=1S/C24H29Cl2N3O6S/c1-4-27-24(31)16(3)28(14-17-6-8-19(25)20(26)12-17)23(30)15-29(36(32,33)5-2)18-7-9-21-22(13-18)35-11-10-34-21/h6-9,12-13,16H,4-5,10-11,14-15H2,1-3H3,(H,27,31)/t16-/m0/s1. The average molecular weight is 558 g/mol. The van der Waals surface area contributed by atoms with E-state index < -0.39 is 28.5 Å². The zero-order valence-corrected chi connectivity index (χ0v) is 22.6. The Morgan fingerprint density at radius 2 is 1.72 bits per heavy atom. The van der Waals surface area contributed by atoms with Crippen LogP contribution in [0.2, 0.25) is 10.0 Å². The van der Waals surface area contributed by atoms with Gasteiger partial charge >= 0.3 is 0 Å². The molecule has 0 spiro atoms. The molecule has 1 heterocycles. The van der Waals surface area contributed by atoms with Crippen LogP contribution in [0.1, 0.15) is 26.3 Å². The lowest BCUT2D eigenvalue weighted by molar-refractivity contribution is -0.139. The van der Waals surface area contributed by atoms with Gasteiger partial charge in [0.15, 0.2) is 11.5 Å². The molecule has 9 nitrogen and oxygen atoms in total. The second-order valence-electron chi connectivity index (χ2n) is 8.08. The Labute approximate surface area is 221 Å². The maximum Gasteiger partial charge on any atom is 0.244 e. The van der Waals surface area contributed by atoms with Crippen LogP contribution in [0.25, 0.3) is 0 Å². The minimum absolute atomic E-state index is 0.0230. The van der Waals surface area contributed by atoms with Crippen molar-refractivity contribution >= 4 is 50.7 Å². The number of sulfonamides is 1. The highest BCUT2D eigenvalue weighted by Crippen LogP contribution is 2.35. The molecule has 0 aromatic heterocycles. The SMILES string of the molecule is CCNC(=O)[C@H](C)N(Cc1ccc(Cl)c(Cl)c1)C(=O)CN(c1ccc2c(c1)OCCO2)S(=O)(=O)CC. The summed E-state index contributed by atoms with van der Waals surface area (Å²) in [6, 6.07) is 8.73. The molecule has 0 bridgehead atoms. The van der Waals surface area contributed by atoms with Gasteiger partial charge < -0.3 is 19.7 Å². The van der Waals surface area contributed by atoms with Crippen molar-refractivity contribution < 1.29 is 27.5 Å². The first-order valence-electron chi connectivity index (χ1n) is 11.5. The van der Waals surface area contributed by atoms with Gasteiger partial charge in [0.25, 0.3) is 0 Å². The molecule has 2 amide bonds. The van der Waals surface area contributed by atoms with Gasteiger partial charge in [0, 0.05) is 19.2 Å². The number of carbonyl (C=O) groups excluding carboxylic acids is 2. The molecular formula is C24H29Cl2N3O6S. The third kappa shape index (κ3) is 6.54. The molecule has 1 aliphatic heterocycles. The molecule has 0 saturated heterocycles. The summed E-state index contributed by atoms with van der Waals surface area (Å²) >= 11 is 12.2. The monoisotopic (exact) mass is 557 g/mol. The number of nitrogens with zero attached hydrogens (tertiary/aromatic N) is 2. The molecule has 1 aliphatic rings. The molecule has 0 unspecified atom stereocenters. The van der Waals surface area contributed by atoms with Crippen molar-refractivity contribution in [3.8, 4) is 11.5 Å². The zero-order valence-electron chi connectivity index (χ0n) is 20.3. The smallest absolute Gasteiger partial charge is 0.244 e. The van der Waals surface area contributed by atoms with E-state index in [9.17, 15) is 18.0 Å². The summed E-state index contributed by atoms with van der Waals surface area (Å²) in [5.74, 6) is -0.267. The lowest BCUT2D eigenvalue weighted by atomic mass is 10.1. The molecule has 0 aliphatic carbocycles. The van der Waals surface area contributed by atoms with Crippen molar-refractivity contribution in [1.82, 2.24) is 10.2 Å². The van der Waals surface area contributed by atoms with Gasteiger partial charge in [-0.15, -0.1) is 0 Å². The predicted octanol–water partition coefficient (Wildman–Crippen LogP) is 3.47. The van der Waals surface area contributed by atoms with Crippen LogP contribution >= 0.6 is 23.2 Å². The average Bonchev–Trinajstić information content (AvgIpc) is 2.87. The number of halogens is 2. The number of fused-ring (bicyclic) bond motifs is 1. The largest absolute Gasteiger partial charge is 0.486 e. The molecule has 3 rings (SSSR count). The molecule has 36 heavy (non-hydrogen) atoms. The summed E-state index contributed by atoms with van der Waals surface area (Å²) in [4.78, 5) is 27.6. The van der Waals surface area contributed by atoms with E-state index in [1.165, 1.54) is 17.9 Å². The second-order valence-corrected chi connectivity index (χ2v) is 11.1. The number of benzene rings is 2. The van der Waals surface area contributed by atoms with Crippen LogP contribution in [-0.2, 0) is 26.2 Å². The van der Waals surface area contributed by atoms with Gasteiger partial charge in [0.05, 0.1) is 21.5 Å². The lowest BCUT2D eigenvalue weighted by Crippen LogP contribution is -2.51. The highest BCUT2D eigenvalue weighted by Gasteiger charge is 2.31. The predicted molar refractivity (Wildman–Crippen MR) is 139 cm³/mol. The van der Waals surface area contributed by atoms with Crippen molar-refractivity contribution in [3.63, 3.8) is 0 Å². The normalized spacial score (nSPS) is 13.6. The summed E-state index contributed by atoms with van der Waals surface area (Å²) < 4.78 is 38.2. The number of likely N-dealkylation sites (N-methyl/N-ethyl adjacent to an activating group) is 1. The van der Waals surface area contributed by atoms with E-state index in [4.69, 9.17) is 32.7 Å². The van der Waals surface area contributed by atoms with Gasteiger partial charge in [-0.2, -0.15) is 0 Å². The van der Waals surface area contributed by atoms with E-state index >= 15 is 0 Å². The Balaban J connectivity index is 1.96. The Morgan fingerprint density at radius 3 is 2.36 bits per heavy atom. The maximum absolute atomic E-state index is 13.6. The van der Waals surface area contributed by atoms with Gasteiger partial charge in [0.2, 0.25) is 21.8 Å². The van der Waals surface area contributed by atoms with E-state index in [0.29, 0.717) is 46.9 Å². The highest BCUT2D eigenvalue weighted by molar-refractivity contribution is 7.92. The van der Waals surface area contributed by atoms with Crippen molar-refractivity contribution in [2.75, 3.05) is 36.4 Å². The topological polar surface area (TPSA) is 105 Å². The van der Waals surface area contributed by atoms with Crippen molar-refractivity contribution in [2.24, 2.45) is 0 Å². The van der Waals surface area contributed by atoms with Crippen molar-refractivity contribution in [2.45, 2.75) is 33.4 Å². The van der Waals surface area contributed by atoms with Gasteiger partial charge in [0.1, 0.15) is 25.8 Å². The van der Waals surface area contributed by atoms with E-state index in [1.54, 1.807) is 44.2 Å². The van der Waals surface area contributed by atoms with Gasteiger partial charge in [-0.05, 0) is 50.6 Å². The Bertz CT molecular complexity index is 1220. The third-order valence-electron chi connectivity index (χ3n) is 5.65. The Kier molecular flexibility index (Phi) is 9.32. The fourth-order valence-electron chi connectivity index (χ4n) is 3.65. The Hall–Kier alpha value is -2.69. The first kappa shape index (κ1) is 27.9. The number of rotatable bonds is 10. The van der Waals surface area contributed by atoms with Crippen LogP contribution in [-0.4, -0.2) is 63.2 Å². The quantitative estimate of drug-likeness (QED) is 0.479. The number of hydrogen-bond donors (Lipinski definition) is 1. The number of hydrogen-bond acceptors (Lipinski definition) is 6. The highest BCUT2D eigenvalue weighted by atomic mass is 35.5. The molecule has 0 radical (unpaired) electrons. The number of ether oxygens (including phenoxy) is 2. The van der Waals surface area contributed by atoms with Gasteiger partial charge in [-0.3, -0.25) is 13.9 Å². The molecule has 2 aromatic rings. The van der Waals surface area contributed by atoms with Crippen LogP contribution in [0.5, 0.6) is 11.5 Å². The zero-order chi connectivity index (χ0) is 26.5. The van der Waals surface area contributed by atoms with E-state index in [0.717, 1.165) is 4.31 Å². The second kappa shape index (κ2) is 12.0. The van der Waals surface area contributed by atoms with Crippen LogP contribution in [0.3, 0.4) is 0 Å². The van der Waals surface area contributed by atoms with E-state index in [-0.39, 0.29) is 23.9 Å². The first-order valence-corrected chi connectivity index (χ1v) is 13.8. The molecule has 0 saturated carbocycles. The number of anilines is 1. The van der Waals surface area contributed by atoms with Crippen LogP contribution in [0.15, 0.2) is 36.4 Å². The summed E-state index contributed by atoms with van der Waals surface area (Å²) in [5, 5.41) is 3.37.